The Morgan fingerprint density at radius 2 is 2.07 bits per heavy atom. The molecular weight excluding hydrogens is 192 g/mol. The van der Waals surface area contributed by atoms with Gasteiger partial charge in [0, 0.05) is 6.54 Å². The van der Waals surface area contributed by atoms with E-state index in [0.717, 1.165) is 25.7 Å². The number of amides is 1. The number of aliphatic hydroxyl groups is 1. The smallest absolute Gasteiger partial charge is 0.237 e. The predicted octanol–water partition coefficient (Wildman–Crippen LogP) is 0.535. The maximum absolute atomic E-state index is 11.5. The van der Waals surface area contributed by atoms with Crippen LogP contribution in [0.4, 0.5) is 0 Å². The molecule has 0 spiro atoms. The van der Waals surface area contributed by atoms with Crippen molar-refractivity contribution in [2.75, 3.05) is 6.54 Å². The maximum Gasteiger partial charge on any atom is 0.237 e. The van der Waals surface area contributed by atoms with Gasteiger partial charge in [0.15, 0.2) is 0 Å². The topological polar surface area (TPSA) is 75.3 Å². The van der Waals surface area contributed by atoms with Crippen molar-refractivity contribution in [1.82, 2.24) is 5.32 Å². The van der Waals surface area contributed by atoms with E-state index in [-0.39, 0.29) is 12.0 Å². The molecule has 0 unspecified atom stereocenters. The molecule has 1 aliphatic carbocycles. The van der Waals surface area contributed by atoms with Crippen molar-refractivity contribution >= 4 is 5.91 Å². The van der Waals surface area contributed by atoms with E-state index in [1.165, 1.54) is 6.42 Å². The number of hydrogen-bond acceptors (Lipinski definition) is 3. The van der Waals surface area contributed by atoms with Crippen LogP contribution in [0.2, 0.25) is 0 Å². The van der Waals surface area contributed by atoms with Crippen LogP contribution < -0.4 is 11.1 Å². The molecule has 1 aliphatic rings. The highest BCUT2D eigenvalue weighted by molar-refractivity contribution is 5.84. The fourth-order valence-electron chi connectivity index (χ4n) is 2.12. The first-order chi connectivity index (χ1) is 7.10. The summed E-state index contributed by atoms with van der Waals surface area (Å²) in [5, 5.41) is 12.6. The number of β-amino-alcohol motifs (C(OH)–C–C–N with tert-alkyl or cyclic N) is 1. The molecule has 1 atom stereocenters. The molecule has 0 aliphatic heterocycles. The minimum absolute atomic E-state index is 0.273. The first-order valence-corrected chi connectivity index (χ1v) is 5.84. The van der Waals surface area contributed by atoms with Crippen LogP contribution in [0.15, 0.2) is 0 Å². The molecule has 1 fully saturated rings. The zero-order valence-electron chi connectivity index (χ0n) is 9.46. The zero-order valence-corrected chi connectivity index (χ0v) is 9.46. The lowest BCUT2D eigenvalue weighted by atomic mass is 9.81. The number of aliphatic hydroxyl groups excluding tert-OH is 1. The van der Waals surface area contributed by atoms with E-state index in [2.05, 4.69) is 5.32 Å². The molecule has 1 saturated carbocycles. The monoisotopic (exact) mass is 214 g/mol. The summed E-state index contributed by atoms with van der Waals surface area (Å²) in [6, 6.07) is 0. The standard InChI is InChI=1S/C11H22N2O2/c1-2-9(14)8-13-11(10(12)15)6-4-3-5-7-11/h9,13-14H,2-8H2,1H3,(H2,12,15)/t9-/m1/s1. The van der Waals surface area contributed by atoms with Gasteiger partial charge in [-0.05, 0) is 19.3 Å². The Hall–Kier alpha value is -0.610. The van der Waals surface area contributed by atoms with Gasteiger partial charge in [0.05, 0.1) is 11.6 Å². The summed E-state index contributed by atoms with van der Waals surface area (Å²) in [6.45, 7) is 2.38. The van der Waals surface area contributed by atoms with E-state index in [1.807, 2.05) is 6.92 Å². The van der Waals surface area contributed by atoms with Gasteiger partial charge in [0.2, 0.25) is 5.91 Å². The second kappa shape index (κ2) is 5.47. The molecule has 0 aromatic heterocycles. The number of hydrogen-bond donors (Lipinski definition) is 3. The highest BCUT2D eigenvalue weighted by Gasteiger charge is 2.37. The van der Waals surface area contributed by atoms with Crippen LogP contribution in [-0.2, 0) is 4.79 Å². The molecule has 1 amide bonds. The summed E-state index contributed by atoms with van der Waals surface area (Å²) in [4.78, 5) is 11.5. The average Bonchev–Trinajstić information content (AvgIpc) is 2.27. The summed E-state index contributed by atoms with van der Waals surface area (Å²) in [7, 11) is 0. The van der Waals surface area contributed by atoms with Gasteiger partial charge in [-0.3, -0.25) is 4.79 Å². The van der Waals surface area contributed by atoms with E-state index < -0.39 is 5.54 Å². The quantitative estimate of drug-likeness (QED) is 0.625. The number of rotatable bonds is 5. The minimum Gasteiger partial charge on any atom is -0.392 e. The Balaban J connectivity index is 2.53. The van der Waals surface area contributed by atoms with Gasteiger partial charge < -0.3 is 16.2 Å². The van der Waals surface area contributed by atoms with Crippen LogP contribution in [0.5, 0.6) is 0 Å². The van der Waals surface area contributed by atoms with Crippen molar-refractivity contribution in [2.45, 2.75) is 57.1 Å². The summed E-state index contributed by atoms with van der Waals surface area (Å²) in [5.74, 6) is -0.273. The Kier molecular flexibility index (Phi) is 4.54. The number of nitrogens with one attached hydrogen (secondary N) is 1. The molecule has 0 saturated heterocycles. The third-order valence-electron chi connectivity index (χ3n) is 3.33. The zero-order chi connectivity index (χ0) is 11.3. The molecule has 0 bridgehead atoms. The lowest BCUT2D eigenvalue weighted by molar-refractivity contribution is -0.126. The Bertz CT molecular complexity index is 213. The molecule has 4 heteroatoms. The van der Waals surface area contributed by atoms with Gasteiger partial charge in [-0.2, -0.15) is 0 Å². The SMILES string of the molecule is CC[C@@H](O)CNC1(C(N)=O)CCCCC1. The van der Waals surface area contributed by atoms with E-state index in [4.69, 9.17) is 5.73 Å². The third-order valence-corrected chi connectivity index (χ3v) is 3.33. The van der Waals surface area contributed by atoms with Gasteiger partial charge in [-0.15, -0.1) is 0 Å². The van der Waals surface area contributed by atoms with Crippen molar-refractivity contribution in [3.8, 4) is 0 Å². The van der Waals surface area contributed by atoms with Crippen LogP contribution in [0, 0.1) is 0 Å². The normalized spacial score (nSPS) is 22.3. The molecule has 4 nitrogen and oxygen atoms in total. The second-order valence-corrected chi connectivity index (χ2v) is 4.45. The number of primary amides is 1. The predicted molar refractivity (Wildman–Crippen MR) is 59.3 cm³/mol. The highest BCUT2D eigenvalue weighted by Crippen LogP contribution is 2.27. The molecule has 88 valence electrons. The summed E-state index contributed by atoms with van der Waals surface area (Å²) in [6.07, 6.45) is 5.17. The molecule has 4 N–H and O–H groups in total. The van der Waals surface area contributed by atoms with E-state index in [0.29, 0.717) is 13.0 Å². The van der Waals surface area contributed by atoms with Crippen LogP contribution in [0.25, 0.3) is 0 Å². The molecule has 0 aromatic carbocycles. The molecule has 1 rings (SSSR count). The highest BCUT2D eigenvalue weighted by atomic mass is 16.3. The molecule has 0 aromatic rings. The van der Waals surface area contributed by atoms with Crippen LogP contribution in [-0.4, -0.2) is 29.2 Å². The van der Waals surface area contributed by atoms with Crippen LogP contribution in [0.1, 0.15) is 45.4 Å². The van der Waals surface area contributed by atoms with Crippen molar-refractivity contribution in [3.63, 3.8) is 0 Å². The van der Waals surface area contributed by atoms with Gasteiger partial charge in [-0.25, -0.2) is 0 Å². The molecule has 15 heavy (non-hydrogen) atoms. The van der Waals surface area contributed by atoms with Crippen molar-refractivity contribution < 1.29 is 9.90 Å². The summed E-state index contributed by atoms with van der Waals surface area (Å²) in [5.41, 5.74) is 4.89. The first kappa shape index (κ1) is 12.5. The van der Waals surface area contributed by atoms with Gasteiger partial charge in [0.1, 0.15) is 0 Å². The van der Waals surface area contributed by atoms with E-state index in [9.17, 15) is 9.90 Å². The fraction of sp³-hybridized carbons (Fsp3) is 0.909. The molecule has 0 heterocycles. The fourth-order valence-corrected chi connectivity index (χ4v) is 2.12. The number of carbonyl (C=O) groups excluding carboxylic acids is 1. The van der Waals surface area contributed by atoms with Gasteiger partial charge in [0.25, 0.3) is 0 Å². The minimum atomic E-state index is -0.561. The van der Waals surface area contributed by atoms with Gasteiger partial charge in [-0.1, -0.05) is 26.2 Å². The number of carbonyl (C=O) groups is 1. The lowest BCUT2D eigenvalue weighted by Gasteiger charge is -2.35. The lowest BCUT2D eigenvalue weighted by Crippen LogP contribution is -2.58. The largest absolute Gasteiger partial charge is 0.392 e. The van der Waals surface area contributed by atoms with Crippen LogP contribution in [0.3, 0.4) is 0 Å². The Morgan fingerprint density at radius 1 is 1.47 bits per heavy atom. The summed E-state index contributed by atoms with van der Waals surface area (Å²) >= 11 is 0. The Labute approximate surface area is 91.2 Å². The van der Waals surface area contributed by atoms with E-state index >= 15 is 0 Å². The first-order valence-electron chi connectivity index (χ1n) is 5.84. The average molecular weight is 214 g/mol. The van der Waals surface area contributed by atoms with Crippen LogP contribution >= 0.6 is 0 Å². The maximum atomic E-state index is 11.5. The molecule has 0 radical (unpaired) electrons. The second-order valence-electron chi connectivity index (χ2n) is 4.45. The Morgan fingerprint density at radius 3 is 2.53 bits per heavy atom. The summed E-state index contributed by atoms with van der Waals surface area (Å²) < 4.78 is 0. The molecular formula is C11H22N2O2. The van der Waals surface area contributed by atoms with Crippen molar-refractivity contribution in [3.05, 3.63) is 0 Å². The van der Waals surface area contributed by atoms with Crippen molar-refractivity contribution in [1.29, 1.82) is 0 Å². The van der Waals surface area contributed by atoms with Gasteiger partial charge >= 0.3 is 0 Å². The van der Waals surface area contributed by atoms with Crippen molar-refractivity contribution in [2.24, 2.45) is 5.73 Å². The third kappa shape index (κ3) is 3.18. The number of nitrogens with two attached hydrogens (primary N) is 1. The van der Waals surface area contributed by atoms with E-state index in [1.54, 1.807) is 0 Å².